The van der Waals surface area contributed by atoms with Gasteiger partial charge in [-0.2, -0.15) is 0 Å². The predicted octanol–water partition coefficient (Wildman–Crippen LogP) is 3.58. The summed E-state index contributed by atoms with van der Waals surface area (Å²) in [5.74, 6) is -0.378. The van der Waals surface area contributed by atoms with E-state index < -0.39 is 5.97 Å². The van der Waals surface area contributed by atoms with Crippen LogP contribution >= 0.6 is 11.6 Å². The Bertz CT molecular complexity index is 845. The lowest BCUT2D eigenvalue weighted by atomic mass is 10.2. The van der Waals surface area contributed by atoms with Crippen molar-refractivity contribution in [2.24, 2.45) is 0 Å². The molecule has 0 unspecified atom stereocenters. The second-order valence-electron chi connectivity index (χ2n) is 4.40. The molecule has 3 aromatic rings. The van der Waals surface area contributed by atoms with Gasteiger partial charge in [-0.05, 0) is 24.3 Å². The molecule has 0 atom stereocenters. The molecular formula is C15H10ClFN2O2. The van der Waals surface area contributed by atoms with Gasteiger partial charge in [-0.1, -0.05) is 23.7 Å². The third-order valence-corrected chi connectivity index (χ3v) is 3.37. The van der Waals surface area contributed by atoms with Gasteiger partial charge in [0, 0.05) is 11.8 Å². The number of hydrogen-bond acceptors (Lipinski definition) is 3. The van der Waals surface area contributed by atoms with Gasteiger partial charge >= 0.3 is 5.97 Å². The summed E-state index contributed by atoms with van der Waals surface area (Å²) in [5.41, 5.74) is 1.55. The average Bonchev–Trinajstić information content (AvgIpc) is 2.83. The van der Waals surface area contributed by atoms with Crippen molar-refractivity contribution >= 4 is 23.1 Å². The number of fused-ring (bicyclic) bond motifs is 1. The molecule has 0 aliphatic carbocycles. The van der Waals surface area contributed by atoms with E-state index in [4.69, 9.17) is 16.3 Å². The molecule has 21 heavy (non-hydrogen) atoms. The fourth-order valence-electron chi connectivity index (χ4n) is 2.12. The second-order valence-corrected chi connectivity index (χ2v) is 4.76. The third kappa shape index (κ3) is 2.36. The van der Waals surface area contributed by atoms with Crippen LogP contribution in [-0.4, -0.2) is 22.5 Å². The zero-order valence-electron chi connectivity index (χ0n) is 11.0. The maximum Gasteiger partial charge on any atom is 0.339 e. The molecule has 6 heteroatoms. The van der Waals surface area contributed by atoms with Gasteiger partial charge in [0.25, 0.3) is 0 Å². The molecule has 0 bridgehead atoms. The van der Waals surface area contributed by atoms with Crippen LogP contribution in [0.2, 0.25) is 5.15 Å². The van der Waals surface area contributed by atoms with Gasteiger partial charge in [0.05, 0.1) is 18.2 Å². The SMILES string of the molecule is COC(=O)c1ccc2c(Cl)nc(-c3cccc(F)c3)n2c1. The van der Waals surface area contributed by atoms with Crippen molar-refractivity contribution in [2.75, 3.05) is 7.11 Å². The first-order valence-corrected chi connectivity index (χ1v) is 6.50. The maximum atomic E-state index is 13.4. The van der Waals surface area contributed by atoms with Crippen molar-refractivity contribution in [1.82, 2.24) is 9.38 Å². The van der Waals surface area contributed by atoms with Crippen LogP contribution in [-0.2, 0) is 4.74 Å². The van der Waals surface area contributed by atoms with E-state index in [1.54, 1.807) is 34.9 Å². The van der Waals surface area contributed by atoms with Gasteiger partial charge in [0.15, 0.2) is 5.15 Å². The number of hydrogen-bond donors (Lipinski definition) is 0. The monoisotopic (exact) mass is 304 g/mol. The largest absolute Gasteiger partial charge is 0.465 e. The molecule has 0 N–H and O–H groups in total. The molecule has 0 aliphatic rings. The summed E-state index contributed by atoms with van der Waals surface area (Å²) in [7, 11) is 1.31. The lowest BCUT2D eigenvalue weighted by molar-refractivity contribution is 0.0600. The lowest BCUT2D eigenvalue weighted by Crippen LogP contribution is -2.03. The number of pyridine rings is 1. The number of carbonyl (C=O) groups excluding carboxylic acids is 1. The zero-order chi connectivity index (χ0) is 15.0. The van der Waals surface area contributed by atoms with Crippen molar-refractivity contribution < 1.29 is 13.9 Å². The van der Waals surface area contributed by atoms with E-state index >= 15 is 0 Å². The summed E-state index contributed by atoms with van der Waals surface area (Å²) in [6.45, 7) is 0. The van der Waals surface area contributed by atoms with E-state index in [2.05, 4.69) is 4.98 Å². The van der Waals surface area contributed by atoms with Gasteiger partial charge in [-0.25, -0.2) is 14.2 Å². The smallest absolute Gasteiger partial charge is 0.339 e. The number of methoxy groups -OCH3 is 1. The first-order chi connectivity index (χ1) is 10.1. The van der Waals surface area contributed by atoms with Crippen molar-refractivity contribution in [3.63, 3.8) is 0 Å². The molecule has 3 rings (SSSR count). The number of benzene rings is 1. The summed E-state index contributed by atoms with van der Waals surface area (Å²) in [4.78, 5) is 15.9. The van der Waals surface area contributed by atoms with E-state index in [-0.39, 0.29) is 11.0 Å². The molecule has 0 aliphatic heterocycles. The number of rotatable bonds is 2. The molecule has 0 saturated carbocycles. The molecular weight excluding hydrogens is 295 g/mol. The number of halogens is 2. The summed E-state index contributed by atoms with van der Waals surface area (Å²) in [5, 5.41) is 0.283. The number of ether oxygens (including phenoxy) is 1. The van der Waals surface area contributed by atoms with E-state index in [1.165, 1.54) is 19.2 Å². The minimum Gasteiger partial charge on any atom is -0.465 e. The standard InChI is InChI=1S/C15H10ClFN2O2/c1-21-15(20)10-5-6-12-13(16)18-14(19(12)8-10)9-3-2-4-11(17)7-9/h2-8H,1H3. The molecule has 106 valence electrons. The average molecular weight is 305 g/mol. The fraction of sp³-hybridized carbons (Fsp3) is 0.0667. The third-order valence-electron chi connectivity index (χ3n) is 3.10. The molecule has 1 aromatic carbocycles. The van der Waals surface area contributed by atoms with Crippen LogP contribution in [0.1, 0.15) is 10.4 Å². The van der Waals surface area contributed by atoms with Crippen LogP contribution < -0.4 is 0 Å². The molecule has 0 fully saturated rings. The van der Waals surface area contributed by atoms with Crippen molar-refractivity contribution in [2.45, 2.75) is 0 Å². The van der Waals surface area contributed by atoms with Crippen LogP contribution in [0.3, 0.4) is 0 Å². The molecule has 4 nitrogen and oxygen atoms in total. The highest BCUT2D eigenvalue weighted by Crippen LogP contribution is 2.26. The Morgan fingerprint density at radius 3 is 2.86 bits per heavy atom. The van der Waals surface area contributed by atoms with Crippen LogP contribution in [0, 0.1) is 5.82 Å². The molecule has 0 amide bonds. The van der Waals surface area contributed by atoms with Gasteiger partial charge in [0.1, 0.15) is 11.6 Å². The molecule has 0 radical (unpaired) electrons. The topological polar surface area (TPSA) is 43.6 Å². The van der Waals surface area contributed by atoms with Crippen LogP contribution in [0.5, 0.6) is 0 Å². The Kier molecular flexibility index (Phi) is 3.35. The number of aromatic nitrogens is 2. The number of carbonyl (C=O) groups is 1. The van der Waals surface area contributed by atoms with Crippen LogP contribution in [0.15, 0.2) is 42.6 Å². The molecule has 2 aromatic heterocycles. The number of imidazole rings is 1. The minimum atomic E-state index is -0.466. The Morgan fingerprint density at radius 1 is 1.33 bits per heavy atom. The number of nitrogens with zero attached hydrogens (tertiary/aromatic N) is 2. The summed E-state index contributed by atoms with van der Waals surface area (Å²) in [6.07, 6.45) is 1.57. The van der Waals surface area contributed by atoms with Crippen molar-refractivity contribution in [3.8, 4) is 11.4 Å². The van der Waals surface area contributed by atoms with E-state index in [9.17, 15) is 9.18 Å². The lowest BCUT2D eigenvalue weighted by Gasteiger charge is -2.04. The normalized spacial score (nSPS) is 10.8. The molecule has 0 spiro atoms. The highest BCUT2D eigenvalue weighted by Gasteiger charge is 2.14. The van der Waals surface area contributed by atoms with Gasteiger partial charge in [-0.3, -0.25) is 4.40 Å². The quantitative estimate of drug-likeness (QED) is 0.680. The molecule has 0 saturated heterocycles. The minimum absolute atomic E-state index is 0.283. The summed E-state index contributed by atoms with van der Waals surface area (Å²) >= 11 is 6.09. The van der Waals surface area contributed by atoms with E-state index in [1.807, 2.05) is 0 Å². The maximum absolute atomic E-state index is 13.4. The first kappa shape index (κ1) is 13.6. The highest BCUT2D eigenvalue weighted by atomic mass is 35.5. The Balaban J connectivity index is 2.25. The second kappa shape index (κ2) is 5.18. The summed E-state index contributed by atoms with van der Waals surface area (Å²) in [6, 6.07) is 9.29. The predicted molar refractivity (Wildman–Crippen MR) is 76.9 cm³/mol. The summed E-state index contributed by atoms with van der Waals surface area (Å²) < 4.78 is 19.7. The zero-order valence-corrected chi connectivity index (χ0v) is 11.8. The molecule has 2 heterocycles. The Morgan fingerprint density at radius 2 is 2.14 bits per heavy atom. The van der Waals surface area contributed by atoms with Gasteiger partial charge in [-0.15, -0.1) is 0 Å². The fourth-order valence-corrected chi connectivity index (χ4v) is 2.35. The van der Waals surface area contributed by atoms with E-state index in [0.717, 1.165) is 0 Å². The van der Waals surface area contributed by atoms with E-state index in [0.29, 0.717) is 22.5 Å². The van der Waals surface area contributed by atoms with Crippen LogP contribution in [0.4, 0.5) is 4.39 Å². The first-order valence-electron chi connectivity index (χ1n) is 6.12. The van der Waals surface area contributed by atoms with Gasteiger partial charge in [0.2, 0.25) is 0 Å². The Labute approximate surface area is 124 Å². The van der Waals surface area contributed by atoms with Gasteiger partial charge < -0.3 is 4.74 Å². The number of esters is 1. The highest BCUT2D eigenvalue weighted by molar-refractivity contribution is 6.33. The van der Waals surface area contributed by atoms with Crippen molar-refractivity contribution in [1.29, 1.82) is 0 Å². The Hall–Kier alpha value is -2.40. The van der Waals surface area contributed by atoms with Crippen molar-refractivity contribution in [3.05, 3.63) is 59.1 Å². The van der Waals surface area contributed by atoms with Crippen LogP contribution in [0.25, 0.3) is 16.9 Å².